The van der Waals surface area contributed by atoms with Crippen LogP contribution in [0.3, 0.4) is 0 Å². The van der Waals surface area contributed by atoms with Gasteiger partial charge in [-0.25, -0.2) is 0 Å². The molecule has 0 radical (unpaired) electrons. The van der Waals surface area contributed by atoms with E-state index in [0.717, 1.165) is 39.0 Å². The normalized spacial score (nSPS) is 18.4. The maximum absolute atomic E-state index is 12.1. The summed E-state index contributed by atoms with van der Waals surface area (Å²) < 4.78 is 0. The fourth-order valence-electron chi connectivity index (χ4n) is 2.11. The molecule has 1 saturated heterocycles. The van der Waals surface area contributed by atoms with E-state index in [-0.39, 0.29) is 5.54 Å². The third-order valence-electron chi connectivity index (χ3n) is 3.40. The zero-order valence-corrected chi connectivity index (χ0v) is 10.6. The van der Waals surface area contributed by atoms with Gasteiger partial charge in [0.2, 0.25) is 0 Å². The number of allylic oxidation sites excluding steroid dienone is 1. The molecule has 0 amide bonds. The largest absolute Gasteiger partial charge is 0.314 e. The Morgan fingerprint density at radius 1 is 1.44 bits per heavy atom. The highest BCUT2D eigenvalue weighted by atomic mass is 16.1. The highest BCUT2D eigenvalue weighted by molar-refractivity contribution is 5.87. The van der Waals surface area contributed by atoms with Crippen molar-refractivity contribution in [3.63, 3.8) is 0 Å². The molecule has 1 N–H and O–H groups in total. The lowest BCUT2D eigenvalue weighted by Gasteiger charge is -2.40. The van der Waals surface area contributed by atoms with Gasteiger partial charge in [0.25, 0.3) is 0 Å². The van der Waals surface area contributed by atoms with E-state index < -0.39 is 0 Å². The van der Waals surface area contributed by atoms with E-state index in [0.29, 0.717) is 12.2 Å². The summed E-state index contributed by atoms with van der Waals surface area (Å²) in [5.74, 6) is 0.358. The molecule has 1 aliphatic heterocycles. The quantitative estimate of drug-likeness (QED) is 0.549. The number of carbonyl (C=O) groups excluding carboxylic acids is 1. The number of ketones is 1. The van der Waals surface area contributed by atoms with Gasteiger partial charge in [-0.1, -0.05) is 6.08 Å². The minimum atomic E-state index is -0.302. The van der Waals surface area contributed by atoms with Crippen molar-refractivity contribution in [1.29, 1.82) is 0 Å². The number of rotatable bonds is 6. The maximum Gasteiger partial charge on any atom is 0.152 e. The molecule has 0 atom stereocenters. The summed E-state index contributed by atoms with van der Waals surface area (Å²) in [6.45, 7) is 11.7. The van der Waals surface area contributed by atoms with E-state index in [1.54, 1.807) is 0 Å². The van der Waals surface area contributed by atoms with Crippen LogP contribution in [0.15, 0.2) is 12.7 Å². The molecule has 0 saturated carbocycles. The van der Waals surface area contributed by atoms with Gasteiger partial charge in [-0.05, 0) is 26.7 Å². The van der Waals surface area contributed by atoms with Gasteiger partial charge in [0.15, 0.2) is 5.78 Å². The number of unbranched alkanes of at least 4 members (excludes halogenated alkanes) is 1. The Kier molecular flexibility index (Phi) is 5.16. The summed E-state index contributed by atoms with van der Waals surface area (Å²) in [6.07, 6.45) is 4.41. The Labute approximate surface area is 98.9 Å². The van der Waals surface area contributed by atoms with Gasteiger partial charge in [0.05, 0.1) is 5.54 Å². The van der Waals surface area contributed by atoms with E-state index in [1.807, 2.05) is 6.08 Å². The van der Waals surface area contributed by atoms with Crippen LogP contribution in [-0.4, -0.2) is 42.4 Å². The fraction of sp³-hybridized carbons (Fsp3) is 0.769. The summed E-state index contributed by atoms with van der Waals surface area (Å²) in [5.41, 5.74) is -0.302. The van der Waals surface area contributed by atoms with Gasteiger partial charge >= 0.3 is 0 Å². The van der Waals surface area contributed by atoms with E-state index in [9.17, 15) is 4.79 Å². The van der Waals surface area contributed by atoms with Crippen molar-refractivity contribution in [3.8, 4) is 0 Å². The van der Waals surface area contributed by atoms with Crippen LogP contribution in [-0.2, 0) is 4.79 Å². The van der Waals surface area contributed by atoms with Crippen LogP contribution in [0.1, 0.15) is 33.1 Å². The Hall–Kier alpha value is -0.670. The molecule has 3 heteroatoms. The minimum Gasteiger partial charge on any atom is -0.314 e. The van der Waals surface area contributed by atoms with Crippen LogP contribution >= 0.6 is 0 Å². The fourth-order valence-corrected chi connectivity index (χ4v) is 2.11. The van der Waals surface area contributed by atoms with Gasteiger partial charge in [-0.2, -0.15) is 0 Å². The number of hydrogen-bond acceptors (Lipinski definition) is 3. The first-order chi connectivity index (χ1) is 7.59. The summed E-state index contributed by atoms with van der Waals surface area (Å²) in [6, 6.07) is 0. The molecular weight excluding hydrogens is 200 g/mol. The van der Waals surface area contributed by atoms with Crippen LogP contribution in [0.4, 0.5) is 0 Å². The third kappa shape index (κ3) is 3.42. The number of piperazine rings is 1. The van der Waals surface area contributed by atoms with Crippen molar-refractivity contribution in [2.75, 3.05) is 26.2 Å². The molecule has 1 aliphatic rings. The Morgan fingerprint density at radius 2 is 2.06 bits per heavy atom. The number of carbonyl (C=O) groups is 1. The van der Waals surface area contributed by atoms with Crippen LogP contribution in [0.2, 0.25) is 0 Å². The van der Waals surface area contributed by atoms with Crippen molar-refractivity contribution in [1.82, 2.24) is 10.2 Å². The lowest BCUT2D eigenvalue weighted by molar-refractivity contribution is -0.129. The first-order valence-corrected chi connectivity index (χ1v) is 6.19. The first-order valence-electron chi connectivity index (χ1n) is 6.19. The van der Waals surface area contributed by atoms with Gasteiger partial charge in [-0.3, -0.25) is 9.69 Å². The second-order valence-electron chi connectivity index (χ2n) is 4.90. The summed E-state index contributed by atoms with van der Waals surface area (Å²) in [7, 11) is 0. The van der Waals surface area contributed by atoms with Crippen molar-refractivity contribution >= 4 is 5.78 Å². The van der Waals surface area contributed by atoms with Gasteiger partial charge in [0, 0.05) is 32.6 Å². The predicted molar refractivity (Wildman–Crippen MR) is 67.6 cm³/mol. The number of Topliss-reactive ketones (excluding diaryl/α,β-unsaturated/α-hetero) is 1. The van der Waals surface area contributed by atoms with Gasteiger partial charge < -0.3 is 5.32 Å². The average molecular weight is 224 g/mol. The Morgan fingerprint density at radius 3 is 2.62 bits per heavy atom. The molecule has 0 aromatic heterocycles. The topological polar surface area (TPSA) is 32.3 Å². The molecule has 1 heterocycles. The van der Waals surface area contributed by atoms with Crippen LogP contribution in [0.5, 0.6) is 0 Å². The summed E-state index contributed by atoms with van der Waals surface area (Å²) >= 11 is 0. The van der Waals surface area contributed by atoms with Crippen LogP contribution in [0.25, 0.3) is 0 Å². The summed E-state index contributed by atoms with van der Waals surface area (Å²) in [4.78, 5) is 14.4. The van der Waals surface area contributed by atoms with Crippen molar-refractivity contribution in [2.24, 2.45) is 0 Å². The van der Waals surface area contributed by atoms with Crippen molar-refractivity contribution in [2.45, 2.75) is 38.6 Å². The van der Waals surface area contributed by atoms with Crippen LogP contribution in [0, 0.1) is 0 Å². The second kappa shape index (κ2) is 6.16. The van der Waals surface area contributed by atoms with E-state index in [4.69, 9.17) is 0 Å². The number of nitrogens with zero attached hydrogens (tertiary/aromatic N) is 1. The first kappa shape index (κ1) is 13.4. The molecule has 3 nitrogen and oxygen atoms in total. The molecule has 0 bridgehead atoms. The maximum atomic E-state index is 12.1. The molecule has 1 fully saturated rings. The SMILES string of the molecule is C=CCCCC(=O)C(C)(C)N1CCNCC1. The average Bonchev–Trinajstić information content (AvgIpc) is 2.30. The molecule has 0 unspecified atom stereocenters. The Bertz CT molecular complexity index is 242. The molecule has 0 aliphatic carbocycles. The van der Waals surface area contributed by atoms with Crippen LogP contribution < -0.4 is 5.32 Å². The highest BCUT2D eigenvalue weighted by Crippen LogP contribution is 2.19. The molecule has 0 aromatic carbocycles. The molecular formula is C13H24N2O. The summed E-state index contributed by atoms with van der Waals surface area (Å²) in [5, 5.41) is 3.31. The lowest BCUT2D eigenvalue weighted by atomic mass is 9.92. The Balaban J connectivity index is 2.46. The van der Waals surface area contributed by atoms with E-state index in [1.165, 1.54) is 0 Å². The monoisotopic (exact) mass is 224 g/mol. The molecule has 92 valence electrons. The highest BCUT2D eigenvalue weighted by Gasteiger charge is 2.33. The smallest absolute Gasteiger partial charge is 0.152 e. The molecule has 0 spiro atoms. The minimum absolute atomic E-state index is 0.302. The number of nitrogens with one attached hydrogen (secondary N) is 1. The number of hydrogen-bond donors (Lipinski definition) is 1. The molecule has 16 heavy (non-hydrogen) atoms. The van der Waals surface area contributed by atoms with E-state index >= 15 is 0 Å². The van der Waals surface area contributed by atoms with Gasteiger partial charge in [-0.15, -0.1) is 6.58 Å². The van der Waals surface area contributed by atoms with E-state index in [2.05, 4.69) is 30.6 Å². The predicted octanol–water partition coefficient (Wildman–Crippen LogP) is 1.60. The second-order valence-corrected chi connectivity index (χ2v) is 4.90. The van der Waals surface area contributed by atoms with Crippen molar-refractivity contribution in [3.05, 3.63) is 12.7 Å². The van der Waals surface area contributed by atoms with Gasteiger partial charge in [0.1, 0.15) is 0 Å². The van der Waals surface area contributed by atoms with Crippen molar-refractivity contribution < 1.29 is 4.79 Å². The zero-order chi connectivity index (χ0) is 12.0. The molecule has 1 rings (SSSR count). The molecule has 0 aromatic rings. The lowest BCUT2D eigenvalue weighted by Crippen LogP contribution is -2.57. The standard InChI is InChI=1S/C13H24N2O/c1-4-5-6-7-12(16)13(2,3)15-10-8-14-9-11-15/h4,14H,1,5-11H2,2-3H3. The zero-order valence-electron chi connectivity index (χ0n) is 10.6. The third-order valence-corrected chi connectivity index (χ3v) is 3.40.